The molecule has 22 rings (SSSR count). The molecule has 22 aromatic rings. The van der Waals surface area contributed by atoms with Gasteiger partial charge >= 0.3 is 0 Å². The number of pyridine rings is 2. The molecule has 112 heavy (non-hydrogen) atoms. The van der Waals surface area contributed by atoms with Crippen LogP contribution < -0.4 is 0 Å². The van der Waals surface area contributed by atoms with Gasteiger partial charge in [-0.25, -0.2) is 34.9 Å². The Bertz CT molecular complexity index is 6960. The minimum absolute atomic E-state index is 0.503. The molecule has 0 aliphatic heterocycles. The molecule has 0 aliphatic rings. The van der Waals surface area contributed by atoms with Crippen LogP contribution in [0, 0.1) is 0 Å². The molecule has 8 heterocycles. The second-order valence-electron chi connectivity index (χ2n) is 27.8. The topological polar surface area (TPSA) is 139 Å². The lowest BCUT2D eigenvalue weighted by Crippen LogP contribution is -2.03. The Morgan fingerprint density at radius 3 is 1.06 bits per heavy atom. The van der Waals surface area contributed by atoms with Crippen molar-refractivity contribution in [2.45, 2.75) is 0 Å². The first kappa shape index (κ1) is 64.9. The van der Waals surface area contributed by atoms with E-state index in [2.05, 4.69) is 252 Å². The van der Waals surface area contributed by atoms with Crippen LogP contribution in [-0.4, -0.2) is 49.0 Å². The first-order valence-electron chi connectivity index (χ1n) is 37.3. The average Bonchev–Trinajstić information content (AvgIpc) is 1.57. The van der Waals surface area contributed by atoms with E-state index in [0.29, 0.717) is 40.6 Å². The third kappa shape index (κ3) is 11.8. The van der Waals surface area contributed by atoms with E-state index in [0.717, 1.165) is 166 Å². The normalized spacial score (nSPS) is 11.6. The number of rotatable bonds is 12. The van der Waals surface area contributed by atoms with Crippen molar-refractivity contribution in [3.63, 3.8) is 0 Å². The molecule has 0 aliphatic carbocycles. The summed E-state index contributed by atoms with van der Waals surface area (Å²) in [5.41, 5.74) is 22.8. The van der Waals surface area contributed by atoms with Gasteiger partial charge in [-0.15, -0.1) is 0 Å². The summed E-state index contributed by atoms with van der Waals surface area (Å²) in [7, 11) is 0. The Morgan fingerprint density at radius 2 is 0.545 bits per heavy atom. The fraction of sp³-hybridized carbons (Fsp3) is 0. The zero-order valence-corrected chi connectivity index (χ0v) is 60.1. The molecule has 524 valence electrons. The zero-order chi connectivity index (χ0) is 74.0. The molecule has 12 heteroatoms. The largest absolute Gasteiger partial charge is 0.456 e. The van der Waals surface area contributed by atoms with Crippen LogP contribution in [0.25, 0.3) is 212 Å². The molecule has 0 saturated heterocycles. The predicted molar refractivity (Wildman–Crippen MR) is 453 cm³/mol. The first-order chi connectivity index (χ1) is 55.5. The summed E-state index contributed by atoms with van der Waals surface area (Å²) in [5, 5.41) is 9.08. The highest BCUT2D eigenvalue weighted by atomic mass is 16.3. The lowest BCUT2D eigenvalue weighted by Gasteiger charge is -2.12. The van der Waals surface area contributed by atoms with Gasteiger partial charge in [0.15, 0.2) is 34.9 Å². The maximum Gasteiger partial charge on any atom is 0.182 e. The van der Waals surface area contributed by atoms with Crippen LogP contribution in [0.5, 0.6) is 0 Å². The standard InChI is InChI=1S/2C50H31N5O/c1-3-13-32(14-4-1)34-17-11-18-37(29-34)49-52-48(33-15-5-2-6-16-33)53-50(54-49)42-21-12-24-47(51-42)55-43-22-9-7-19-38(43)39-27-25-36(31-44(39)55)35-26-28-46-41(30-35)40-20-8-10-23-45(40)56-46;1-3-12-32(13-4-1)34-16-11-17-37(26-34)49-52-48(33-14-5-2-6-15-33)53-50(54-49)38-27-39(31-51-30-38)55-44-20-9-7-18-40(44)41-24-22-36(29-45(41)55)35-23-25-47-43(28-35)42-19-8-10-21-46(42)56-47/h2*1-31H. The van der Waals surface area contributed by atoms with Crippen molar-refractivity contribution in [3.05, 3.63) is 376 Å². The minimum Gasteiger partial charge on any atom is -0.456 e. The molecular formula is C100H62N10O2. The van der Waals surface area contributed by atoms with Gasteiger partial charge in [0.05, 0.1) is 34.0 Å². The van der Waals surface area contributed by atoms with Crippen LogP contribution in [0.3, 0.4) is 0 Å². The van der Waals surface area contributed by atoms with E-state index >= 15 is 0 Å². The summed E-state index contributed by atoms with van der Waals surface area (Å²) in [4.78, 5) is 40.3. The third-order valence-corrected chi connectivity index (χ3v) is 21.0. The van der Waals surface area contributed by atoms with Crippen LogP contribution in [-0.2, 0) is 0 Å². The Hall–Kier alpha value is -15.4. The van der Waals surface area contributed by atoms with Crippen molar-refractivity contribution in [2.24, 2.45) is 0 Å². The number of benzene rings is 14. The molecule has 0 amide bonds. The number of hydrogen-bond acceptors (Lipinski definition) is 10. The van der Waals surface area contributed by atoms with Gasteiger partial charge < -0.3 is 13.4 Å². The molecule has 0 unspecified atom stereocenters. The quantitative estimate of drug-likeness (QED) is 0.116. The summed E-state index contributed by atoms with van der Waals surface area (Å²) in [5.74, 6) is 4.20. The van der Waals surface area contributed by atoms with Crippen LogP contribution in [0.4, 0.5) is 0 Å². The molecule has 0 atom stereocenters. The predicted octanol–water partition coefficient (Wildman–Crippen LogP) is 25.2. The van der Waals surface area contributed by atoms with E-state index < -0.39 is 0 Å². The van der Waals surface area contributed by atoms with Crippen molar-refractivity contribution in [1.29, 1.82) is 0 Å². The van der Waals surface area contributed by atoms with Gasteiger partial charge in [-0.05, 0) is 136 Å². The maximum atomic E-state index is 6.14. The van der Waals surface area contributed by atoms with Crippen molar-refractivity contribution in [2.75, 3.05) is 0 Å². The number of para-hydroxylation sites is 4. The van der Waals surface area contributed by atoms with E-state index in [1.807, 2.05) is 134 Å². The molecular weight excluding hydrogens is 1370 g/mol. The molecule has 0 bridgehead atoms. The SMILES string of the molecule is c1ccc(-c2cccc(-c3nc(-c4ccccc4)nc(-c4cccc(-n5c6ccccc6c6ccc(-c7ccc8oc9ccccc9c8c7)cc65)n4)n3)c2)cc1.c1ccc(-c2cccc(-c3nc(-c4ccccc4)nc(-c4cncc(-n5c6ccccc6c6ccc(-c7ccc8oc9ccccc9c8c7)cc65)c4)n3)c2)cc1. The van der Waals surface area contributed by atoms with Crippen LogP contribution in [0.1, 0.15) is 0 Å². The highest BCUT2D eigenvalue weighted by molar-refractivity contribution is 6.13. The monoisotopic (exact) mass is 1430 g/mol. The molecule has 0 N–H and O–H groups in total. The Labute approximate surface area is 642 Å². The number of furan rings is 2. The summed E-state index contributed by atoms with van der Waals surface area (Å²) >= 11 is 0. The maximum absolute atomic E-state index is 6.14. The second-order valence-corrected chi connectivity index (χ2v) is 27.8. The van der Waals surface area contributed by atoms with Crippen molar-refractivity contribution in [1.82, 2.24) is 49.0 Å². The molecule has 8 aromatic heterocycles. The van der Waals surface area contributed by atoms with Crippen molar-refractivity contribution in [3.8, 4) is 124 Å². The smallest absolute Gasteiger partial charge is 0.182 e. The fourth-order valence-electron chi connectivity index (χ4n) is 15.6. The van der Waals surface area contributed by atoms with E-state index in [4.69, 9.17) is 48.7 Å². The number of hydrogen-bond donors (Lipinski definition) is 0. The summed E-state index contributed by atoms with van der Waals surface area (Å²) in [6.45, 7) is 0. The lowest BCUT2D eigenvalue weighted by molar-refractivity contribution is 0.668. The van der Waals surface area contributed by atoms with E-state index in [1.165, 1.54) is 5.39 Å². The van der Waals surface area contributed by atoms with Crippen LogP contribution >= 0.6 is 0 Å². The van der Waals surface area contributed by atoms with Crippen LogP contribution in [0.2, 0.25) is 0 Å². The number of nitrogens with zero attached hydrogens (tertiary/aromatic N) is 10. The van der Waals surface area contributed by atoms with Gasteiger partial charge in [0.1, 0.15) is 33.8 Å². The molecule has 12 nitrogen and oxygen atoms in total. The molecule has 0 spiro atoms. The Balaban J connectivity index is 0.000000141. The van der Waals surface area contributed by atoms with Gasteiger partial charge in [-0.2, -0.15) is 0 Å². The summed E-state index contributed by atoms with van der Waals surface area (Å²) in [6, 6.07) is 125. The first-order valence-corrected chi connectivity index (χ1v) is 37.3. The highest BCUT2D eigenvalue weighted by Gasteiger charge is 2.22. The van der Waals surface area contributed by atoms with Gasteiger partial charge in [-0.3, -0.25) is 9.55 Å². The highest BCUT2D eigenvalue weighted by Crippen LogP contribution is 2.42. The van der Waals surface area contributed by atoms with E-state index in [9.17, 15) is 0 Å². The average molecular weight is 1440 g/mol. The van der Waals surface area contributed by atoms with Gasteiger partial charge in [-0.1, -0.05) is 273 Å². The Kier molecular flexibility index (Phi) is 15.9. The zero-order valence-electron chi connectivity index (χ0n) is 60.1. The van der Waals surface area contributed by atoms with Gasteiger partial charge in [0, 0.05) is 77.1 Å². The summed E-state index contributed by atoms with van der Waals surface area (Å²) < 4.78 is 16.8. The number of aromatic nitrogens is 10. The fourth-order valence-corrected chi connectivity index (χ4v) is 15.6. The van der Waals surface area contributed by atoms with E-state index in [1.54, 1.807) is 0 Å². The summed E-state index contributed by atoms with van der Waals surface area (Å²) in [6.07, 6.45) is 3.75. The molecule has 14 aromatic carbocycles. The van der Waals surface area contributed by atoms with Gasteiger partial charge in [0.2, 0.25) is 0 Å². The molecule has 0 radical (unpaired) electrons. The molecule has 0 fully saturated rings. The van der Waals surface area contributed by atoms with Crippen LogP contribution in [0.15, 0.2) is 385 Å². The van der Waals surface area contributed by atoms with E-state index in [-0.39, 0.29) is 0 Å². The minimum atomic E-state index is 0.503. The van der Waals surface area contributed by atoms with Crippen molar-refractivity contribution < 1.29 is 8.83 Å². The number of fused-ring (bicyclic) bond motifs is 12. The lowest BCUT2D eigenvalue weighted by atomic mass is 10.0. The molecule has 0 saturated carbocycles. The third-order valence-electron chi connectivity index (χ3n) is 21.0. The Morgan fingerprint density at radius 1 is 0.188 bits per heavy atom. The van der Waals surface area contributed by atoms with Crippen molar-refractivity contribution >= 4 is 87.5 Å². The van der Waals surface area contributed by atoms with Gasteiger partial charge in [0.25, 0.3) is 0 Å². The second kappa shape index (κ2) is 27.4.